The number of piperazine rings is 1. The first kappa shape index (κ1) is 27.8. The molecule has 0 radical (unpaired) electrons. The second-order valence-corrected chi connectivity index (χ2v) is 11.3. The van der Waals surface area contributed by atoms with Gasteiger partial charge in [-0.1, -0.05) is 60.7 Å². The molecule has 0 aliphatic carbocycles. The van der Waals surface area contributed by atoms with E-state index in [1.165, 1.54) is 16.6 Å². The van der Waals surface area contributed by atoms with E-state index in [2.05, 4.69) is 74.7 Å². The third-order valence-corrected chi connectivity index (χ3v) is 8.61. The van der Waals surface area contributed by atoms with Gasteiger partial charge >= 0.3 is 6.18 Å². The van der Waals surface area contributed by atoms with Gasteiger partial charge in [-0.3, -0.25) is 9.80 Å². The number of nitrogens with one attached hydrogen (secondary N) is 2. The molecule has 8 heteroatoms. The Morgan fingerprint density at radius 1 is 0.805 bits per heavy atom. The Balaban J connectivity index is 0.950. The molecule has 2 aliphatic heterocycles. The standard InChI is InChI=1S/C33H38F3N5/c34-33(35,36)32(25-7-2-1-3-8-25)41-21-19-39(20-22-41)18-15-37-28-13-16-40(17-14-28)29-11-6-10-26(23-29)31-24-27-9-4-5-12-30(27)38-31/h1-12,23-24,28,32,37-38H,13-22H2/t32-/m0/s1. The summed E-state index contributed by atoms with van der Waals surface area (Å²) in [4.78, 5) is 9.87. The Morgan fingerprint density at radius 2 is 1.54 bits per heavy atom. The fourth-order valence-corrected chi connectivity index (χ4v) is 6.35. The highest BCUT2D eigenvalue weighted by Crippen LogP contribution is 2.38. The predicted octanol–water partition coefficient (Wildman–Crippen LogP) is 6.31. The number of alkyl halides is 3. The molecule has 2 saturated heterocycles. The molecule has 1 aromatic heterocycles. The van der Waals surface area contributed by atoms with Crippen molar-refractivity contribution in [2.24, 2.45) is 0 Å². The molecular formula is C33H38F3N5. The van der Waals surface area contributed by atoms with Crippen LogP contribution >= 0.6 is 0 Å². The van der Waals surface area contributed by atoms with Crippen molar-refractivity contribution in [3.63, 3.8) is 0 Å². The van der Waals surface area contributed by atoms with Gasteiger partial charge in [-0.2, -0.15) is 13.2 Å². The maximum absolute atomic E-state index is 13.9. The van der Waals surface area contributed by atoms with Crippen LogP contribution in [0.4, 0.5) is 18.9 Å². The van der Waals surface area contributed by atoms with Crippen LogP contribution in [-0.2, 0) is 0 Å². The zero-order chi connectivity index (χ0) is 28.2. The molecule has 41 heavy (non-hydrogen) atoms. The molecule has 6 rings (SSSR count). The fourth-order valence-electron chi connectivity index (χ4n) is 6.35. The summed E-state index contributed by atoms with van der Waals surface area (Å²) in [7, 11) is 0. The number of halogens is 3. The molecule has 2 fully saturated rings. The minimum Gasteiger partial charge on any atom is -0.371 e. The number of anilines is 1. The number of hydrogen-bond donors (Lipinski definition) is 2. The zero-order valence-corrected chi connectivity index (χ0v) is 23.3. The minimum atomic E-state index is -4.28. The molecule has 0 bridgehead atoms. The SMILES string of the molecule is FC(F)(F)[C@H](c1ccccc1)N1CCN(CCNC2CCN(c3cccc(-c4cc5ccccc5[nH]4)c3)CC2)CC1. The van der Waals surface area contributed by atoms with Crippen LogP contribution in [0.25, 0.3) is 22.2 Å². The molecule has 2 N–H and O–H groups in total. The van der Waals surface area contributed by atoms with Crippen molar-refractivity contribution in [2.45, 2.75) is 31.1 Å². The van der Waals surface area contributed by atoms with E-state index in [0.29, 0.717) is 37.8 Å². The first-order valence-electron chi connectivity index (χ1n) is 14.7. The average molecular weight is 562 g/mol. The van der Waals surface area contributed by atoms with Crippen molar-refractivity contribution in [2.75, 3.05) is 57.3 Å². The summed E-state index contributed by atoms with van der Waals surface area (Å²) in [5, 5.41) is 4.93. The smallest absolute Gasteiger partial charge is 0.371 e. The van der Waals surface area contributed by atoms with Crippen LogP contribution in [0, 0.1) is 0 Å². The normalized spacial score (nSPS) is 18.7. The van der Waals surface area contributed by atoms with Crippen LogP contribution in [0.1, 0.15) is 24.4 Å². The lowest BCUT2D eigenvalue weighted by Crippen LogP contribution is -2.52. The van der Waals surface area contributed by atoms with Crippen molar-refractivity contribution < 1.29 is 13.2 Å². The Bertz CT molecular complexity index is 1370. The number of hydrogen-bond acceptors (Lipinski definition) is 4. The predicted molar refractivity (Wildman–Crippen MR) is 160 cm³/mol. The highest BCUT2D eigenvalue weighted by Gasteiger charge is 2.45. The van der Waals surface area contributed by atoms with Crippen molar-refractivity contribution in [3.8, 4) is 11.3 Å². The number of aromatic nitrogens is 1. The first-order chi connectivity index (χ1) is 19.9. The molecule has 3 heterocycles. The first-order valence-corrected chi connectivity index (χ1v) is 14.7. The fraction of sp³-hybridized carbons (Fsp3) is 0.394. The second kappa shape index (κ2) is 12.3. The molecular weight excluding hydrogens is 523 g/mol. The minimum absolute atomic E-state index is 0.325. The molecule has 0 unspecified atom stereocenters. The number of H-pyrrole nitrogens is 1. The van der Waals surface area contributed by atoms with Crippen molar-refractivity contribution in [3.05, 3.63) is 90.5 Å². The lowest BCUT2D eigenvalue weighted by Gasteiger charge is -2.40. The van der Waals surface area contributed by atoms with Crippen LogP contribution in [-0.4, -0.2) is 79.4 Å². The molecule has 2 aliphatic rings. The maximum atomic E-state index is 13.9. The van der Waals surface area contributed by atoms with Crippen LogP contribution in [0.15, 0.2) is 84.9 Å². The Labute approximate surface area is 239 Å². The van der Waals surface area contributed by atoms with E-state index in [-0.39, 0.29) is 0 Å². The molecule has 5 nitrogen and oxygen atoms in total. The summed E-state index contributed by atoms with van der Waals surface area (Å²) < 4.78 is 41.7. The highest BCUT2D eigenvalue weighted by atomic mass is 19.4. The summed E-state index contributed by atoms with van der Waals surface area (Å²) in [6, 6.07) is 26.6. The average Bonchev–Trinajstić information content (AvgIpc) is 3.43. The molecule has 0 spiro atoms. The van der Waals surface area contributed by atoms with Gasteiger partial charge in [0, 0.05) is 80.7 Å². The summed E-state index contributed by atoms with van der Waals surface area (Å²) >= 11 is 0. The van der Waals surface area contributed by atoms with Gasteiger partial charge in [0.2, 0.25) is 0 Å². The van der Waals surface area contributed by atoms with E-state index in [0.717, 1.165) is 50.2 Å². The zero-order valence-electron chi connectivity index (χ0n) is 23.3. The van der Waals surface area contributed by atoms with Crippen LogP contribution in [0.5, 0.6) is 0 Å². The highest BCUT2D eigenvalue weighted by molar-refractivity contribution is 5.86. The van der Waals surface area contributed by atoms with Gasteiger partial charge in [0.25, 0.3) is 0 Å². The van der Waals surface area contributed by atoms with Gasteiger partial charge < -0.3 is 15.2 Å². The molecule has 216 valence electrons. The van der Waals surface area contributed by atoms with Gasteiger partial charge in [0.1, 0.15) is 6.04 Å². The molecule has 4 aromatic rings. The lowest BCUT2D eigenvalue weighted by atomic mass is 10.0. The Morgan fingerprint density at radius 3 is 2.27 bits per heavy atom. The number of fused-ring (bicyclic) bond motifs is 1. The number of para-hydroxylation sites is 1. The van der Waals surface area contributed by atoms with E-state index in [4.69, 9.17) is 0 Å². The van der Waals surface area contributed by atoms with Crippen LogP contribution in [0.3, 0.4) is 0 Å². The number of rotatable bonds is 8. The second-order valence-electron chi connectivity index (χ2n) is 11.3. The van der Waals surface area contributed by atoms with Gasteiger partial charge in [-0.25, -0.2) is 0 Å². The number of benzene rings is 3. The van der Waals surface area contributed by atoms with E-state index in [9.17, 15) is 13.2 Å². The quantitative estimate of drug-likeness (QED) is 0.264. The summed E-state index contributed by atoms with van der Waals surface area (Å²) in [5.74, 6) is 0. The number of nitrogens with zero attached hydrogens (tertiary/aromatic N) is 3. The Kier molecular flexibility index (Phi) is 8.32. The number of aromatic amines is 1. The maximum Gasteiger partial charge on any atom is 0.408 e. The van der Waals surface area contributed by atoms with E-state index >= 15 is 0 Å². The topological polar surface area (TPSA) is 37.5 Å². The van der Waals surface area contributed by atoms with Crippen LogP contribution < -0.4 is 10.2 Å². The van der Waals surface area contributed by atoms with E-state index in [1.807, 2.05) is 0 Å². The van der Waals surface area contributed by atoms with Gasteiger partial charge in [0.05, 0.1) is 0 Å². The third kappa shape index (κ3) is 6.61. The van der Waals surface area contributed by atoms with Crippen molar-refractivity contribution in [1.82, 2.24) is 20.1 Å². The number of piperidine rings is 1. The van der Waals surface area contributed by atoms with E-state index in [1.54, 1.807) is 35.2 Å². The van der Waals surface area contributed by atoms with Crippen molar-refractivity contribution >= 4 is 16.6 Å². The molecule has 0 saturated carbocycles. The van der Waals surface area contributed by atoms with E-state index < -0.39 is 12.2 Å². The summed E-state index contributed by atoms with van der Waals surface area (Å²) in [6.45, 7) is 5.91. The van der Waals surface area contributed by atoms with Crippen molar-refractivity contribution in [1.29, 1.82) is 0 Å². The summed E-state index contributed by atoms with van der Waals surface area (Å²) in [6.07, 6.45) is -2.12. The molecule has 3 aromatic carbocycles. The monoisotopic (exact) mass is 561 g/mol. The van der Waals surface area contributed by atoms with Gasteiger partial charge in [-0.15, -0.1) is 0 Å². The van der Waals surface area contributed by atoms with Gasteiger partial charge in [-0.05, 0) is 48.2 Å². The lowest BCUT2D eigenvalue weighted by molar-refractivity contribution is -0.190. The summed E-state index contributed by atoms with van der Waals surface area (Å²) in [5.41, 5.74) is 5.07. The molecule has 1 atom stereocenters. The third-order valence-electron chi connectivity index (χ3n) is 8.61. The van der Waals surface area contributed by atoms with Crippen LogP contribution in [0.2, 0.25) is 0 Å². The van der Waals surface area contributed by atoms with Gasteiger partial charge in [0.15, 0.2) is 0 Å². The largest absolute Gasteiger partial charge is 0.408 e. The molecule has 0 amide bonds. The Hall–Kier alpha value is -3.33.